The fraction of sp³-hybridized carbons (Fsp3) is 0.417. The highest BCUT2D eigenvalue weighted by atomic mass is 35.5. The molecular formula is C12H14ClN3S. The van der Waals surface area contributed by atoms with E-state index in [1.54, 1.807) is 11.3 Å². The lowest BCUT2D eigenvalue weighted by Gasteiger charge is -1.99. The zero-order valence-electron chi connectivity index (χ0n) is 9.40. The number of nitrogens with zero attached hydrogens (tertiary/aromatic N) is 2. The van der Waals surface area contributed by atoms with Crippen molar-refractivity contribution in [1.82, 2.24) is 15.1 Å². The van der Waals surface area contributed by atoms with Crippen LogP contribution in [0, 0.1) is 0 Å². The maximum absolute atomic E-state index is 5.90. The largest absolute Gasteiger partial charge is 0.310 e. The van der Waals surface area contributed by atoms with Crippen LogP contribution in [0.25, 0.3) is 0 Å². The molecule has 0 saturated heterocycles. The molecule has 1 aliphatic carbocycles. The van der Waals surface area contributed by atoms with E-state index in [1.807, 2.05) is 16.9 Å². The number of thiophene rings is 1. The summed E-state index contributed by atoms with van der Waals surface area (Å²) < 4.78 is 2.80. The summed E-state index contributed by atoms with van der Waals surface area (Å²) in [6.07, 6.45) is 6.68. The molecule has 90 valence electrons. The molecule has 2 heterocycles. The molecule has 0 aromatic carbocycles. The summed E-state index contributed by atoms with van der Waals surface area (Å²) in [7, 11) is 0. The van der Waals surface area contributed by atoms with Crippen LogP contribution >= 0.6 is 22.9 Å². The number of aromatic nitrogens is 2. The van der Waals surface area contributed by atoms with Crippen LogP contribution in [-0.4, -0.2) is 15.8 Å². The maximum Gasteiger partial charge on any atom is 0.0931 e. The van der Waals surface area contributed by atoms with Gasteiger partial charge in [-0.3, -0.25) is 4.68 Å². The zero-order chi connectivity index (χ0) is 11.7. The van der Waals surface area contributed by atoms with Gasteiger partial charge in [-0.25, -0.2) is 0 Å². The average molecular weight is 268 g/mol. The highest BCUT2D eigenvalue weighted by Crippen LogP contribution is 2.22. The van der Waals surface area contributed by atoms with Crippen LogP contribution in [0.1, 0.15) is 23.3 Å². The molecular weight excluding hydrogens is 254 g/mol. The molecule has 1 aliphatic rings. The monoisotopic (exact) mass is 267 g/mol. The lowest BCUT2D eigenvalue weighted by molar-refractivity contribution is 0.678. The van der Waals surface area contributed by atoms with Gasteiger partial charge < -0.3 is 5.32 Å². The second kappa shape index (κ2) is 4.80. The molecule has 5 heteroatoms. The fourth-order valence-corrected chi connectivity index (χ4v) is 2.81. The van der Waals surface area contributed by atoms with Crippen LogP contribution in [0.5, 0.6) is 0 Å². The minimum absolute atomic E-state index is 0.745. The molecule has 17 heavy (non-hydrogen) atoms. The average Bonchev–Trinajstić information content (AvgIpc) is 2.90. The fourth-order valence-electron chi connectivity index (χ4n) is 1.73. The first-order chi connectivity index (χ1) is 8.29. The molecule has 1 N–H and O–H groups in total. The van der Waals surface area contributed by atoms with Gasteiger partial charge in [0.2, 0.25) is 0 Å². The third-order valence-electron chi connectivity index (χ3n) is 2.81. The van der Waals surface area contributed by atoms with Crippen molar-refractivity contribution in [3.63, 3.8) is 0 Å². The van der Waals surface area contributed by atoms with Crippen LogP contribution < -0.4 is 5.32 Å². The number of halogens is 1. The first-order valence-electron chi connectivity index (χ1n) is 5.78. The smallest absolute Gasteiger partial charge is 0.0931 e. The van der Waals surface area contributed by atoms with Crippen LogP contribution in [0.4, 0.5) is 0 Å². The first-order valence-corrected chi connectivity index (χ1v) is 6.98. The van der Waals surface area contributed by atoms with Crippen molar-refractivity contribution in [1.29, 1.82) is 0 Å². The van der Waals surface area contributed by atoms with Crippen LogP contribution in [0.3, 0.4) is 0 Å². The van der Waals surface area contributed by atoms with Crippen molar-refractivity contribution in [3.05, 3.63) is 39.3 Å². The minimum atomic E-state index is 0.745. The van der Waals surface area contributed by atoms with E-state index in [2.05, 4.69) is 22.7 Å². The summed E-state index contributed by atoms with van der Waals surface area (Å²) >= 11 is 7.51. The molecule has 2 aromatic rings. The zero-order valence-corrected chi connectivity index (χ0v) is 11.0. The van der Waals surface area contributed by atoms with Gasteiger partial charge in [-0.05, 0) is 25.0 Å². The molecule has 0 amide bonds. The Morgan fingerprint density at radius 1 is 1.47 bits per heavy atom. The van der Waals surface area contributed by atoms with Gasteiger partial charge in [0.05, 0.1) is 17.1 Å². The molecule has 3 rings (SSSR count). The van der Waals surface area contributed by atoms with Gasteiger partial charge in [-0.15, -0.1) is 11.3 Å². The summed E-state index contributed by atoms with van der Waals surface area (Å²) in [5.74, 6) is 0. The summed E-state index contributed by atoms with van der Waals surface area (Å²) in [6, 6.07) is 4.73. The molecule has 3 nitrogen and oxygen atoms in total. The molecule has 1 fully saturated rings. The van der Waals surface area contributed by atoms with E-state index in [4.69, 9.17) is 11.6 Å². The molecule has 2 aromatic heterocycles. The highest BCUT2D eigenvalue weighted by Gasteiger charge is 2.20. The second-order valence-electron chi connectivity index (χ2n) is 4.41. The third kappa shape index (κ3) is 3.09. The van der Waals surface area contributed by atoms with E-state index in [0.29, 0.717) is 0 Å². The number of rotatable bonds is 5. The lowest BCUT2D eigenvalue weighted by atomic mass is 10.3. The van der Waals surface area contributed by atoms with E-state index in [-0.39, 0.29) is 0 Å². The Morgan fingerprint density at radius 2 is 2.35 bits per heavy atom. The van der Waals surface area contributed by atoms with Crippen molar-refractivity contribution in [2.24, 2.45) is 0 Å². The standard InChI is InChI=1S/C12H14ClN3S/c13-12-4-3-11(17-12)8-16-7-9(6-15-16)5-14-10-1-2-10/h3-4,6-7,10,14H,1-2,5,8H2. The maximum atomic E-state index is 5.90. The minimum Gasteiger partial charge on any atom is -0.310 e. The van der Waals surface area contributed by atoms with Gasteiger partial charge in [-0.1, -0.05) is 11.6 Å². The Labute approximate surface area is 109 Å². The molecule has 0 spiro atoms. The number of hydrogen-bond donors (Lipinski definition) is 1. The van der Waals surface area contributed by atoms with Gasteiger partial charge in [0, 0.05) is 29.2 Å². The van der Waals surface area contributed by atoms with Crippen molar-refractivity contribution in [2.75, 3.05) is 0 Å². The molecule has 0 aliphatic heterocycles. The van der Waals surface area contributed by atoms with Gasteiger partial charge >= 0.3 is 0 Å². The Kier molecular flexibility index (Phi) is 3.18. The lowest BCUT2D eigenvalue weighted by Crippen LogP contribution is -2.14. The van der Waals surface area contributed by atoms with E-state index in [0.717, 1.165) is 23.5 Å². The topological polar surface area (TPSA) is 29.9 Å². The Bertz CT molecular complexity index is 501. The van der Waals surface area contributed by atoms with E-state index in [1.165, 1.54) is 23.3 Å². The first kappa shape index (κ1) is 11.3. The van der Waals surface area contributed by atoms with E-state index in [9.17, 15) is 0 Å². The summed E-state index contributed by atoms with van der Waals surface area (Å²) in [4.78, 5) is 1.24. The van der Waals surface area contributed by atoms with Crippen LogP contribution in [0.15, 0.2) is 24.5 Å². The Hall–Kier alpha value is -0.840. The quantitative estimate of drug-likeness (QED) is 0.903. The van der Waals surface area contributed by atoms with Crippen molar-refractivity contribution in [2.45, 2.75) is 32.0 Å². The summed E-state index contributed by atoms with van der Waals surface area (Å²) in [6.45, 7) is 1.73. The predicted molar refractivity (Wildman–Crippen MR) is 70.5 cm³/mol. The van der Waals surface area contributed by atoms with Gasteiger partial charge in [-0.2, -0.15) is 5.10 Å². The van der Waals surface area contributed by atoms with Gasteiger partial charge in [0.25, 0.3) is 0 Å². The molecule has 0 atom stereocenters. The number of hydrogen-bond acceptors (Lipinski definition) is 3. The van der Waals surface area contributed by atoms with Gasteiger partial charge in [0.15, 0.2) is 0 Å². The summed E-state index contributed by atoms with van der Waals surface area (Å²) in [5.41, 5.74) is 1.25. The normalized spacial score (nSPS) is 15.4. The second-order valence-corrected chi connectivity index (χ2v) is 6.21. The van der Waals surface area contributed by atoms with E-state index < -0.39 is 0 Å². The molecule has 0 bridgehead atoms. The van der Waals surface area contributed by atoms with Crippen molar-refractivity contribution >= 4 is 22.9 Å². The van der Waals surface area contributed by atoms with E-state index >= 15 is 0 Å². The third-order valence-corrected chi connectivity index (χ3v) is 4.02. The molecule has 0 radical (unpaired) electrons. The Morgan fingerprint density at radius 3 is 3.06 bits per heavy atom. The molecule has 1 saturated carbocycles. The van der Waals surface area contributed by atoms with Gasteiger partial charge in [0.1, 0.15) is 0 Å². The SMILES string of the molecule is Clc1ccc(Cn2cc(CNC3CC3)cn2)s1. The van der Waals surface area contributed by atoms with Crippen molar-refractivity contribution < 1.29 is 0 Å². The molecule has 0 unspecified atom stereocenters. The van der Waals surface area contributed by atoms with Crippen LogP contribution in [-0.2, 0) is 13.1 Å². The van der Waals surface area contributed by atoms with Crippen molar-refractivity contribution in [3.8, 4) is 0 Å². The van der Waals surface area contributed by atoms with Crippen LogP contribution in [0.2, 0.25) is 4.34 Å². The Balaban J connectivity index is 1.59. The highest BCUT2D eigenvalue weighted by molar-refractivity contribution is 7.16. The predicted octanol–water partition coefficient (Wildman–Crippen LogP) is 2.90. The number of nitrogens with one attached hydrogen (secondary N) is 1. The summed E-state index contributed by atoms with van der Waals surface area (Å²) in [5, 5.41) is 7.84.